The minimum absolute atomic E-state index is 0.0906. The summed E-state index contributed by atoms with van der Waals surface area (Å²) in [5.41, 5.74) is 9.39. The zero-order chi connectivity index (χ0) is 19.5. The average Bonchev–Trinajstić information content (AvgIpc) is 2.74. The topological polar surface area (TPSA) is 49.6 Å². The fraction of sp³-hybridized carbons (Fsp3) is 0.435. The van der Waals surface area contributed by atoms with Crippen LogP contribution in [0.3, 0.4) is 0 Å². The summed E-state index contributed by atoms with van der Waals surface area (Å²) in [5.74, 6) is -0.161. The van der Waals surface area contributed by atoms with Crippen molar-refractivity contribution in [3.8, 4) is 0 Å². The smallest absolute Gasteiger partial charge is 0.226 e. The molecule has 0 radical (unpaired) electrons. The summed E-state index contributed by atoms with van der Waals surface area (Å²) in [6.45, 7) is 2.01. The van der Waals surface area contributed by atoms with Crippen LogP contribution in [0.5, 0.6) is 0 Å². The normalized spacial score (nSPS) is 20.5. The van der Waals surface area contributed by atoms with Crippen LogP contribution in [0, 0.1) is 5.82 Å². The van der Waals surface area contributed by atoms with E-state index in [2.05, 4.69) is 17.0 Å². The standard InChI is InChI=1S/C23H28FN3O/c24-20-15-19(26-12-4-2-9-23(26)28)10-11-22(20)27-13-3-1-8-21(27)18-7-5-6-17(14-18)16-25/h5-7,10-11,14-15,21H,1-4,8-9,12-13,16,25H2. The molecule has 2 heterocycles. The molecule has 28 heavy (non-hydrogen) atoms. The quantitative estimate of drug-likeness (QED) is 0.846. The molecule has 2 N–H and O–H groups in total. The van der Waals surface area contributed by atoms with Crippen molar-refractivity contribution < 1.29 is 9.18 Å². The Balaban J connectivity index is 1.63. The van der Waals surface area contributed by atoms with Crippen molar-refractivity contribution in [1.29, 1.82) is 0 Å². The molecule has 2 aliphatic rings. The number of anilines is 2. The van der Waals surface area contributed by atoms with Crippen molar-refractivity contribution in [2.45, 2.75) is 51.1 Å². The highest BCUT2D eigenvalue weighted by Gasteiger charge is 2.27. The predicted octanol–water partition coefficient (Wildman–Crippen LogP) is 4.53. The van der Waals surface area contributed by atoms with Gasteiger partial charge in [0.25, 0.3) is 0 Å². The van der Waals surface area contributed by atoms with E-state index < -0.39 is 0 Å². The minimum atomic E-state index is -0.252. The van der Waals surface area contributed by atoms with Crippen molar-refractivity contribution in [3.63, 3.8) is 0 Å². The highest BCUT2D eigenvalue weighted by molar-refractivity contribution is 5.94. The van der Waals surface area contributed by atoms with E-state index in [9.17, 15) is 4.79 Å². The molecule has 4 rings (SSSR count). The van der Waals surface area contributed by atoms with Gasteiger partial charge in [-0.2, -0.15) is 0 Å². The van der Waals surface area contributed by atoms with Crippen LogP contribution in [0.25, 0.3) is 0 Å². The van der Waals surface area contributed by atoms with E-state index in [1.165, 1.54) is 11.6 Å². The van der Waals surface area contributed by atoms with Gasteiger partial charge in [-0.1, -0.05) is 24.3 Å². The number of carbonyl (C=O) groups excluding carboxylic acids is 1. The molecular formula is C23H28FN3O. The summed E-state index contributed by atoms with van der Waals surface area (Å²) in [7, 11) is 0. The van der Waals surface area contributed by atoms with E-state index in [1.54, 1.807) is 4.90 Å². The van der Waals surface area contributed by atoms with Crippen LogP contribution in [-0.2, 0) is 11.3 Å². The third-order valence-electron chi connectivity index (χ3n) is 5.95. The predicted molar refractivity (Wildman–Crippen MR) is 111 cm³/mol. The largest absolute Gasteiger partial charge is 0.362 e. The molecular weight excluding hydrogens is 353 g/mol. The first-order chi connectivity index (χ1) is 13.7. The van der Waals surface area contributed by atoms with E-state index in [1.807, 2.05) is 24.3 Å². The first-order valence-electron chi connectivity index (χ1n) is 10.3. The van der Waals surface area contributed by atoms with Crippen LogP contribution in [0.15, 0.2) is 42.5 Å². The first kappa shape index (κ1) is 18.9. The van der Waals surface area contributed by atoms with Crippen molar-refractivity contribution in [1.82, 2.24) is 0 Å². The molecule has 2 saturated heterocycles. The van der Waals surface area contributed by atoms with Crippen LogP contribution >= 0.6 is 0 Å². The van der Waals surface area contributed by atoms with Gasteiger partial charge in [0.2, 0.25) is 5.91 Å². The zero-order valence-corrected chi connectivity index (χ0v) is 16.2. The number of hydrogen-bond donors (Lipinski definition) is 1. The van der Waals surface area contributed by atoms with Gasteiger partial charge in [0.1, 0.15) is 5.82 Å². The fourth-order valence-electron chi connectivity index (χ4n) is 4.47. The Morgan fingerprint density at radius 3 is 2.68 bits per heavy atom. The molecule has 0 bridgehead atoms. The lowest BCUT2D eigenvalue weighted by Gasteiger charge is -2.38. The summed E-state index contributed by atoms with van der Waals surface area (Å²) in [5, 5.41) is 0. The zero-order valence-electron chi connectivity index (χ0n) is 16.2. The van der Waals surface area contributed by atoms with E-state index in [4.69, 9.17) is 5.73 Å². The Labute approximate surface area is 166 Å². The third-order valence-corrected chi connectivity index (χ3v) is 5.95. The molecule has 4 nitrogen and oxygen atoms in total. The van der Waals surface area contributed by atoms with E-state index in [0.29, 0.717) is 30.9 Å². The number of nitrogens with zero attached hydrogens (tertiary/aromatic N) is 2. The van der Waals surface area contributed by atoms with Crippen molar-refractivity contribution in [3.05, 3.63) is 59.4 Å². The molecule has 0 spiro atoms. The fourth-order valence-corrected chi connectivity index (χ4v) is 4.47. The molecule has 0 aromatic heterocycles. The lowest BCUT2D eigenvalue weighted by Crippen LogP contribution is -2.36. The van der Waals surface area contributed by atoms with Crippen LogP contribution in [0.1, 0.15) is 55.7 Å². The number of amides is 1. The number of halogens is 1. The van der Waals surface area contributed by atoms with Crippen molar-refractivity contribution in [2.24, 2.45) is 5.73 Å². The molecule has 2 aromatic rings. The highest BCUT2D eigenvalue weighted by atomic mass is 19.1. The number of piperidine rings is 2. The number of carbonyl (C=O) groups is 1. The van der Waals surface area contributed by atoms with E-state index >= 15 is 4.39 Å². The van der Waals surface area contributed by atoms with Crippen LogP contribution in [0.2, 0.25) is 0 Å². The minimum Gasteiger partial charge on any atom is -0.362 e. The molecule has 1 unspecified atom stereocenters. The average molecular weight is 381 g/mol. The molecule has 2 aromatic carbocycles. The monoisotopic (exact) mass is 381 g/mol. The Hall–Kier alpha value is -2.40. The van der Waals surface area contributed by atoms with Gasteiger partial charge in [-0.15, -0.1) is 0 Å². The Morgan fingerprint density at radius 1 is 1.04 bits per heavy atom. The number of nitrogens with two attached hydrogens (primary N) is 1. The molecule has 0 aliphatic carbocycles. The van der Waals surface area contributed by atoms with Crippen molar-refractivity contribution in [2.75, 3.05) is 22.9 Å². The van der Waals surface area contributed by atoms with Gasteiger partial charge in [-0.05, 0) is 61.4 Å². The van der Waals surface area contributed by atoms with Crippen LogP contribution in [-0.4, -0.2) is 19.0 Å². The van der Waals surface area contributed by atoms with Gasteiger partial charge < -0.3 is 15.5 Å². The van der Waals surface area contributed by atoms with Crippen LogP contribution < -0.4 is 15.5 Å². The first-order valence-corrected chi connectivity index (χ1v) is 10.3. The summed E-state index contributed by atoms with van der Waals surface area (Å²) in [6.07, 6.45) is 5.64. The van der Waals surface area contributed by atoms with E-state index in [0.717, 1.165) is 44.2 Å². The molecule has 2 aliphatic heterocycles. The number of benzene rings is 2. The SMILES string of the molecule is NCc1cccc(C2CCCCN2c2ccc(N3CCCCC3=O)cc2F)c1. The summed E-state index contributed by atoms with van der Waals surface area (Å²) in [4.78, 5) is 16.1. The second-order valence-electron chi connectivity index (χ2n) is 7.79. The second kappa shape index (κ2) is 8.31. The Kier molecular flexibility index (Phi) is 5.62. The number of rotatable bonds is 4. The molecule has 0 saturated carbocycles. The summed E-state index contributed by atoms with van der Waals surface area (Å²) in [6, 6.07) is 13.7. The lowest BCUT2D eigenvalue weighted by molar-refractivity contribution is -0.119. The van der Waals surface area contributed by atoms with Gasteiger partial charge in [0.05, 0.1) is 11.7 Å². The van der Waals surface area contributed by atoms with Crippen LogP contribution in [0.4, 0.5) is 15.8 Å². The van der Waals surface area contributed by atoms with Gasteiger partial charge in [-0.3, -0.25) is 4.79 Å². The van der Waals surface area contributed by atoms with E-state index in [-0.39, 0.29) is 17.8 Å². The van der Waals surface area contributed by atoms with Crippen molar-refractivity contribution >= 4 is 17.3 Å². The third kappa shape index (κ3) is 3.76. The maximum Gasteiger partial charge on any atom is 0.226 e. The molecule has 5 heteroatoms. The lowest BCUT2D eigenvalue weighted by atomic mass is 9.93. The second-order valence-corrected chi connectivity index (χ2v) is 7.79. The Morgan fingerprint density at radius 2 is 1.89 bits per heavy atom. The van der Waals surface area contributed by atoms with Gasteiger partial charge in [0.15, 0.2) is 0 Å². The molecule has 1 atom stereocenters. The number of hydrogen-bond acceptors (Lipinski definition) is 3. The van der Waals surface area contributed by atoms with Gasteiger partial charge in [-0.25, -0.2) is 4.39 Å². The highest BCUT2D eigenvalue weighted by Crippen LogP contribution is 2.37. The Bertz CT molecular complexity index is 853. The molecule has 148 valence electrons. The maximum absolute atomic E-state index is 15.2. The summed E-state index contributed by atoms with van der Waals surface area (Å²) >= 11 is 0. The maximum atomic E-state index is 15.2. The molecule has 2 fully saturated rings. The van der Waals surface area contributed by atoms with Gasteiger partial charge >= 0.3 is 0 Å². The van der Waals surface area contributed by atoms with Gasteiger partial charge in [0, 0.05) is 31.7 Å². The molecule has 1 amide bonds. The summed E-state index contributed by atoms with van der Waals surface area (Å²) < 4.78 is 15.2.